The molecule has 2 fully saturated rings. The highest BCUT2D eigenvalue weighted by atomic mass is 32.2. The lowest BCUT2D eigenvalue weighted by atomic mass is 9.84. The molecule has 2 atom stereocenters. The lowest BCUT2D eigenvalue weighted by Gasteiger charge is -2.31. The van der Waals surface area contributed by atoms with Gasteiger partial charge in [0, 0.05) is 31.6 Å². The number of aliphatic hydroxyl groups excluding tert-OH is 1. The summed E-state index contributed by atoms with van der Waals surface area (Å²) in [5, 5.41) is 15.6. The van der Waals surface area contributed by atoms with Crippen molar-refractivity contribution in [2.75, 3.05) is 39.1 Å². The number of carbonyl (C=O) groups excluding carboxylic acids is 3. The largest absolute Gasteiger partial charge is 0.491 e. The number of para-hydroxylation sites is 1. The molecule has 1 aromatic rings. The normalized spacial score (nSPS) is 20.2. The predicted octanol–water partition coefficient (Wildman–Crippen LogP) is 2.15. The van der Waals surface area contributed by atoms with Crippen LogP contribution in [-0.4, -0.2) is 97.9 Å². The first kappa shape index (κ1) is 33.0. The van der Waals surface area contributed by atoms with Gasteiger partial charge in [-0.15, -0.1) is 0 Å². The van der Waals surface area contributed by atoms with Crippen LogP contribution in [0, 0.1) is 5.92 Å². The molecule has 3 amide bonds. The van der Waals surface area contributed by atoms with Crippen LogP contribution >= 0.6 is 0 Å². The Morgan fingerprint density at radius 1 is 1.05 bits per heavy atom. The Bertz CT molecular complexity index is 1200. The minimum atomic E-state index is -3.29. The van der Waals surface area contributed by atoms with Crippen LogP contribution in [0.5, 0.6) is 5.75 Å². The van der Waals surface area contributed by atoms with Crippen molar-refractivity contribution in [2.45, 2.75) is 88.9 Å². The molecule has 1 aromatic carbocycles. The van der Waals surface area contributed by atoms with Gasteiger partial charge in [0.25, 0.3) is 0 Å². The number of nitrogens with one attached hydrogen (secondary N) is 2. The fourth-order valence-corrected chi connectivity index (χ4v) is 6.98. The monoisotopic (exact) mass is 622 g/mol. The molecule has 3 N–H and O–H groups in total. The van der Waals surface area contributed by atoms with Gasteiger partial charge in [0.1, 0.15) is 24.5 Å². The van der Waals surface area contributed by atoms with E-state index in [-0.39, 0.29) is 44.4 Å². The van der Waals surface area contributed by atoms with E-state index in [2.05, 4.69) is 10.6 Å². The number of hydrogen-bond donors (Lipinski definition) is 3. The van der Waals surface area contributed by atoms with Crippen molar-refractivity contribution in [1.29, 1.82) is 0 Å². The number of fused-ring (bicyclic) bond motifs is 1. The highest BCUT2D eigenvalue weighted by Gasteiger charge is 2.31. The van der Waals surface area contributed by atoms with Gasteiger partial charge in [-0.05, 0) is 37.7 Å². The van der Waals surface area contributed by atoms with Gasteiger partial charge in [0.15, 0.2) is 0 Å². The van der Waals surface area contributed by atoms with Crippen LogP contribution in [-0.2, 0) is 30.9 Å². The molecule has 0 unspecified atom stereocenters. The third-order valence-corrected chi connectivity index (χ3v) is 9.93. The molecule has 1 aliphatic carbocycles. The third kappa shape index (κ3) is 10.1. The highest BCUT2D eigenvalue weighted by molar-refractivity contribution is 7.88. The van der Waals surface area contributed by atoms with Crippen LogP contribution in [0.4, 0.5) is 4.79 Å². The summed E-state index contributed by atoms with van der Waals surface area (Å²) in [4.78, 5) is 41.0. The Hall–Kier alpha value is -2.90. The summed E-state index contributed by atoms with van der Waals surface area (Å²) in [5.41, 5.74) is 0.935. The fraction of sp³-hybridized carbons (Fsp3) is 0.700. The van der Waals surface area contributed by atoms with Gasteiger partial charge < -0.3 is 30.1 Å². The first-order valence-corrected chi connectivity index (χ1v) is 17.3. The van der Waals surface area contributed by atoms with E-state index < -0.39 is 40.2 Å². The summed E-state index contributed by atoms with van der Waals surface area (Å²) < 4.78 is 36.2. The van der Waals surface area contributed by atoms with E-state index in [0.717, 1.165) is 49.7 Å². The number of alkyl carbamates (subject to hydrolysis) is 1. The van der Waals surface area contributed by atoms with Crippen molar-refractivity contribution in [2.24, 2.45) is 5.92 Å². The topological polar surface area (TPSA) is 155 Å². The van der Waals surface area contributed by atoms with Crippen molar-refractivity contribution in [3.8, 4) is 5.75 Å². The Morgan fingerprint density at radius 2 is 1.77 bits per heavy atom. The molecule has 13 heteroatoms. The number of ether oxygens (including phenoxy) is 2. The SMILES string of the molecule is CS(=O)(=O)N1CCC(OC(=O)N[C@@H](CC2CCCCC2)C(=O)N[C@H](CO)CCC(=O)N2CCOc3ccccc3C2)CC1. The molecule has 1 saturated carbocycles. The zero-order valence-corrected chi connectivity index (χ0v) is 25.9. The third-order valence-electron chi connectivity index (χ3n) is 8.62. The first-order chi connectivity index (χ1) is 20.6. The van der Waals surface area contributed by atoms with E-state index in [1.165, 1.54) is 4.31 Å². The van der Waals surface area contributed by atoms with Gasteiger partial charge in [0.05, 0.1) is 25.4 Å². The minimum absolute atomic E-state index is 0.0876. The van der Waals surface area contributed by atoms with Crippen molar-refractivity contribution < 1.29 is 37.4 Å². The molecular weight excluding hydrogens is 576 g/mol. The van der Waals surface area contributed by atoms with E-state index in [9.17, 15) is 27.9 Å². The van der Waals surface area contributed by atoms with Crippen molar-refractivity contribution >= 4 is 27.9 Å². The zero-order chi connectivity index (χ0) is 30.8. The average Bonchev–Trinajstić information content (AvgIpc) is 3.22. The second-order valence-corrected chi connectivity index (χ2v) is 13.9. The van der Waals surface area contributed by atoms with Gasteiger partial charge in [-0.1, -0.05) is 50.3 Å². The van der Waals surface area contributed by atoms with Gasteiger partial charge in [-0.2, -0.15) is 0 Å². The quantitative estimate of drug-likeness (QED) is 0.339. The zero-order valence-electron chi connectivity index (χ0n) is 25.0. The second-order valence-electron chi connectivity index (χ2n) is 11.9. The summed E-state index contributed by atoms with van der Waals surface area (Å²) in [5.74, 6) is 0.547. The van der Waals surface area contributed by atoms with Gasteiger partial charge >= 0.3 is 6.09 Å². The molecule has 12 nitrogen and oxygen atoms in total. The molecule has 0 radical (unpaired) electrons. The van der Waals surface area contributed by atoms with Gasteiger partial charge in [0.2, 0.25) is 21.8 Å². The maximum atomic E-state index is 13.4. The van der Waals surface area contributed by atoms with Gasteiger partial charge in [-0.3, -0.25) is 9.59 Å². The van der Waals surface area contributed by atoms with Gasteiger partial charge in [-0.25, -0.2) is 17.5 Å². The van der Waals surface area contributed by atoms with Crippen LogP contribution < -0.4 is 15.4 Å². The molecule has 1 saturated heterocycles. The Kier molecular flexibility index (Phi) is 12.1. The van der Waals surface area contributed by atoms with E-state index in [4.69, 9.17) is 9.47 Å². The number of aliphatic hydroxyl groups is 1. The van der Waals surface area contributed by atoms with Crippen molar-refractivity contribution in [3.05, 3.63) is 29.8 Å². The lowest BCUT2D eigenvalue weighted by molar-refractivity contribution is -0.132. The Morgan fingerprint density at radius 3 is 2.47 bits per heavy atom. The minimum Gasteiger partial charge on any atom is -0.491 e. The Labute approximate surface area is 254 Å². The highest BCUT2D eigenvalue weighted by Crippen LogP contribution is 2.28. The predicted molar refractivity (Wildman–Crippen MR) is 160 cm³/mol. The number of piperidine rings is 1. The van der Waals surface area contributed by atoms with E-state index >= 15 is 0 Å². The van der Waals surface area contributed by atoms with Crippen LogP contribution in [0.15, 0.2) is 24.3 Å². The average molecular weight is 623 g/mol. The molecule has 2 aliphatic heterocycles. The second kappa shape index (κ2) is 15.7. The molecule has 4 rings (SSSR count). The standard InChI is InChI=1S/C30H46N4O8S/c1-43(39,40)34-15-13-25(14-16-34)42-30(38)32-26(19-22-7-3-2-4-8-22)29(37)31-24(21-35)11-12-28(36)33-17-18-41-27-10-6-5-9-23(27)20-33/h5-6,9-10,22,24-26,35H,2-4,7-8,11-21H2,1H3,(H,31,37)(H,32,38)/t24-,26-/m0/s1. The summed E-state index contributed by atoms with van der Waals surface area (Å²) in [6, 6.07) is 6.11. The number of rotatable bonds is 11. The molecule has 0 aromatic heterocycles. The molecule has 3 aliphatic rings. The maximum absolute atomic E-state index is 13.4. The maximum Gasteiger partial charge on any atom is 0.408 e. The molecule has 0 spiro atoms. The smallest absolute Gasteiger partial charge is 0.408 e. The molecule has 240 valence electrons. The lowest BCUT2D eigenvalue weighted by Crippen LogP contribution is -2.52. The van der Waals surface area contributed by atoms with Crippen molar-refractivity contribution in [3.63, 3.8) is 0 Å². The number of hydrogen-bond acceptors (Lipinski definition) is 8. The van der Waals surface area contributed by atoms with Crippen LogP contribution in [0.25, 0.3) is 0 Å². The van der Waals surface area contributed by atoms with E-state index in [1.807, 2.05) is 24.3 Å². The number of nitrogens with zero attached hydrogens (tertiary/aromatic N) is 2. The number of amides is 3. The fourth-order valence-electron chi connectivity index (χ4n) is 6.10. The number of carbonyl (C=O) groups is 3. The summed E-state index contributed by atoms with van der Waals surface area (Å²) in [7, 11) is -3.29. The number of benzene rings is 1. The molecule has 0 bridgehead atoms. The molecule has 2 heterocycles. The van der Waals surface area contributed by atoms with E-state index in [0.29, 0.717) is 39.0 Å². The first-order valence-electron chi connectivity index (χ1n) is 15.4. The van der Waals surface area contributed by atoms with Crippen LogP contribution in [0.3, 0.4) is 0 Å². The molecule has 43 heavy (non-hydrogen) atoms. The summed E-state index contributed by atoms with van der Waals surface area (Å²) >= 11 is 0. The summed E-state index contributed by atoms with van der Waals surface area (Å²) in [6.45, 7) is 1.49. The van der Waals surface area contributed by atoms with Crippen molar-refractivity contribution in [1.82, 2.24) is 19.8 Å². The van der Waals surface area contributed by atoms with E-state index in [1.54, 1.807) is 4.90 Å². The summed E-state index contributed by atoms with van der Waals surface area (Å²) in [6.07, 6.45) is 6.89. The number of sulfonamides is 1. The van der Waals surface area contributed by atoms with Crippen LogP contribution in [0.2, 0.25) is 0 Å². The van der Waals surface area contributed by atoms with Crippen LogP contribution in [0.1, 0.15) is 69.8 Å². The Balaban J connectivity index is 1.30. The molecular formula is C30H46N4O8S.